The Bertz CT molecular complexity index is 738. The van der Waals surface area contributed by atoms with Crippen LogP contribution in [0.2, 0.25) is 5.02 Å². The monoisotopic (exact) mass is 430 g/mol. The number of methoxy groups -OCH3 is 1. The van der Waals surface area contributed by atoms with Crippen molar-refractivity contribution in [3.63, 3.8) is 0 Å². The first kappa shape index (κ1) is 21.6. The van der Waals surface area contributed by atoms with E-state index < -0.39 is 18.9 Å². The van der Waals surface area contributed by atoms with Gasteiger partial charge in [-0.2, -0.15) is 0 Å². The topological polar surface area (TPSA) is 73.9 Å². The van der Waals surface area contributed by atoms with Gasteiger partial charge in [-0.3, -0.25) is 9.69 Å². The molecule has 0 bridgehead atoms. The van der Waals surface area contributed by atoms with Gasteiger partial charge in [-0.05, 0) is 31.0 Å². The van der Waals surface area contributed by atoms with Crippen LogP contribution >= 0.6 is 11.6 Å². The fraction of sp³-hybridized carbons (Fsp3) is 0.579. The third-order valence-electron chi connectivity index (χ3n) is 5.32. The molecular formula is C19H25ClF2N4O3. The van der Waals surface area contributed by atoms with Gasteiger partial charge in [0.2, 0.25) is 0 Å². The van der Waals surface area contributed by atoms with Gasteiger partial charge >= 0.3 is 6.09 Å². The van der Waals surface area contributed by atoms with E-state index >= 15 is 0 Å². The van der Waals surface area contributed by atoms with Crippen molar-refractivity contribution in [3.05, 3.63) is 28.8 Å². The highest BCUT2D eigenvalue weighted by atomic mass is 35.5. The Kier molecular flexibility index (Phi) is 7.13. The van der Waals surface area contributed by atoms with Gasteiger partial charge in [0, 0.05) is 37.9 Å². The zero-order valence-electron chi connectivity index (χ0n) is 16.2. The number of likely N-dealkylation sites (tertiary alicyclic amines) is 2. The second-order valence-corrected chi connectivity index (χ2v) is 7.69. The van der Waals surface area contributed by atoms with Crippen molar-refractivity contribution < 1.29 is 23.1 Å². The Hall–Kier alpha value is -2.13. The quantitative estimate of drug-likeness (QED) is 0.726. The maximum Gasteiger partial charge on any atom is 0.409 e. The van der Waals surface area contributed by atoms with E-state index in [1.54, 1.807) is 17.0 Å². The fourth-order valence-electron chi connectivity index (χ4n) is 3.73. The second-order valence-electron chi connectivity index (χ2n) is 7.28. The van der Waals surface area contributed by atoms with Crippen molar-refractivity contribution in [3.8, 4) is 0 Å². The average molecular weight is 431 g/mol. The first-order valence-electron chi connectivity index (χ1n) is 9.56. The highest BCUT2D eigenvalue weighted by Gasteiger charge is 2.35. The van der Waals surface area contributed by atoms with Gasteiger partial charge in [0.15, 0.2) is 0 Å². The molecule has 0 aromatic heterocycles. The maximum atomic E-state index is 12.2. The molecule has 160 valence electrons. The number of carbonyl (C=O) groups excluding carboxylic acids is 2. The van der Waals surface area contributed by atoms with Crippen LogP contribution in [0.15, 0.2) is 18.2 Å². The number of alkyl halides is 2. The molecule has 2 heterocycles. The second kappa shape index (κ2) is 9.58. The molecule has 2 aliphatic rings. The summed E-state index contributed by atoms with van der Waals surface area (Å²) in [4.78, 5) is 27.6. The number of rotatable bonds is 6. The summed E-state index contributed by atoms with van der Waals surface area (Å²) in [6.45, 7) is 2.48. The summed E-state index contributed by atoms with van der Waals surface area (Å²) < 4.78 is 29.2. The van der Waals surface area contributed by atoms with Crippen LogP contribution in [-0.4, -0.2) is 80.1 Å². The van der Waals surface area contributed by atoms with Gasteiger partial charge in [-0.1, -0.05) is 11.6 Å². The van der Waals surface area contributed by atoms with E-state index in [0.29, 0.717) is 19.1 Å². The average Bonchev–Trinajstić information content (AvgIpc) is 2.68. The van der Waals surface area contributed by atoms with Crippen molar-refractivity contribution in [1.29, 1.82) is 0 Å². The molecule has 3 rings (SSSR count). The molecule has 0 aliphatic carbocycles. The number of halogens is 3. The standard InChI is InChI=1S/C19H25ClF2N4O3/c1-29-19(28)25-6-4-14(5-7-25)26-10-13(11-26)24-12-2-3-15(16(20)8-12)18(27)23-9-17(21)22/h2-3,8,13-14,17,24H,4-7,9-11H2,1H3,(H,23,27). The first-order valence-corrected chi connectivity index (χ1v) is 9.94. The predicted octanol–water partition coefficient (Wildman–Crippen LogP) is 2.66. The van der Waals surface area contributed by atoms with Crippen molar-refractivity contribution in [2.45, 2.75) is 31.4 Å². The Balaban J connectivity index is 1.44. The van der Waals surface area contributed by atoms with Crippen LogP contribution in [0.1, 0.15) is 23.2 Å². The third kappa shape index (κ3) is 5.48. The van der Waals surface area contributed by atoms with Crippen LogP contribution in [0.5, 0.6) is 0 Å². The fourth-order valence-corrected chi connectivity index (χ4v) is 4.00. The molecule has 2 aliphatic heterocycles. The lowest BCUT2D eigenvalue weighted by molar-refractivity contribution is 0.0496. The summed E-state index contributed by atoms with van der Waals surface area (Å²) in [5.41, 5.74) is 0.955. The van der Waals surface area contributed by atoms with E-state index in [9.17, 15) is 18.4 Å². The number of hydrogen-bond acceptors (Lipinski definition) is 5. The summed E-state index contributed by atoms with van der Waals surface area (Å²) in [7, 11) is 1.40. The van der Waals surface area contributed by atoms with Gasteiger partial charge in [-0.25, -0.2) is 13.6 Å². The minimum absolute atomic E-state index is 0.172. The smallest absolute Gasteiger partial charge is 0.409 e. The predicted molar refractivity (Wildman–Crippen MR) is 106 cm³/mol. The molecular weight excluding hydrogens is 406 g/mol. The Morgan fingerprint density at radius 3 is 2.55 bits per heavy atom. The molecule has 2 saturated heterocycles. The molecule has 0 saturated carbocycles. The van der Waals surface area contributed by atoms with Crippen LogP contribution in [0.3, 0.4) is 0 Å². The highest BCUT2D eigenvalue weighted by molar-refractivity contribution is 6.34. The summed E-state index contributed by atoms with van der Waals surface area (Å²) >= 11 is 6.14. The number of anilines is 1. The Labute approximate surface area is 173 Å². The zero-order valence-corrected chi connectivity index (χ0v) is 16.9. The van der Waals surface area contributed by atoms with Crippen LogP contribution in [0.25, 0.3) is 0 Å². The summed E-state index contributed by atoms with van der Waals surface area (Å²) in [5, 5.41) is 5.74. The van der Waals surface area contributed by atoms with Gasteiger partial charge in [0.25, 0.3) is 12.3 Å². The molecule has 0 atom stereocenters. The Morgan fingerprint density at radius 1 is 1.28 bits per heavy atom. The number of nitrogens with zero attached hydrogens (tertiary/aromatic N) is 2. The number of carbonyl (C=O) groups is 2. The van der Waals surface area contributed by atoms with E-state index in [2.05, 4.69) is 15.5 Å². The molecule has 10 heteroatoms. The first-order chi connectivity index (χ1) is 13.9. The molecule has 2 fully saturated rings. The number of benzene rings is 1. The van der Waals surface area contributed by atoms with E-state index in [1.807, 2.05) is 0 Å². The molecule has 1 aromatic carbocycles. The van der Waals surface area contributed by atoms with Crippen molar-refractivity contribution in [2.24, 2.45) is 0 Å². The SMILES string of the molecule is COC(=O)N1CCC(N2CC(Nc3ccc(C(=O)NCC(F)F)c(Cl)c3)C2)CC1. The maximum absolute atomic E-state index is 12.2. The van der Waals surface area contributed by atoms with Crippen LogP contribution < -0.4 is 10.6 Å². The number of ether oxygens (including phenoxy) is 1. The largest absolute Gasteiger partial charge is 0.453 e. The minimum atomic E-state index is -2.60. The number of piperidine rings is 1. The molecule has 29 heavy (non-hydrogen) atoms. The van der Waals surface area contributed by atoms with Crippen molar-refractivity contribution in [1.82, 2.24) is 15.1 Å². The Morgan fingerprint density at radius 2 is 1.97 bits per heavy atom. The molecule has 1 aromatic rings. The highest BCUT2D eigenvalue weighted by Crippen LogP contribution is 2.26. The zero-order chi connectivity index (χ0) is 21.0. The van der Waals surface area contributed by atoms with Gasteiger partial charge in [0.05, 0.1) is 30.3 Å². The molecule has 7 nitrogen and oxygen atoms in total. The van der Waals surface area contributed by atoms with Crippen LogP contribution in [0.4, 0.5) is 19.3 Å². The molecule has 2 N–H and O–H groups in total. The molecule has 0 unspecified atom stereocenters. The lowest BCUT2D eigenvalue weighted by Gasteiger charge is -2.47. The lowest BCUT2D eigenvalue weighted by Crippen LogP contribution is -2.60. The van der Waals surface area contributed by atoms with Gasteiger partial charge in [0.1, 0.15) is 0 Å². The van der Waals surface area contributed by atoms with E-state index in [0.717, 1.165) is 31.6 Å². The summed E-state index contributed by atoms with van der Waals surface area (Å²) in [6, 6.07) is 5.61. The number of amides is 2. The van der Waals surface area contributed by atoms with E-state index in [4.69, 9.17) is 16.3 Å². The van der Waals surface area contributed by atoms with E-state index in [-0.39, 0.29) is 22.7 Å². The summed E-state index contributed by atoms with van der Waals surface area (Å²) in [5.74, 6) is -0.616. The van der Waals surface area contributed by atoms with Crippen LogP contribution in [0, 0.1) is 0 Å². The number of hydrogen-bond donors (Lipinski definition) is 2. The molecule has 2 amide bonds. The summed E-state index contributed by atoms with van der Waals surface area (Å²) in [6.07, 6.45) is -1.02. The van der Waals surface area contributed by atoms with E-state index in [1.165, 1.54) is 13.2 Å². The molecule has 0 spiro atoms. The van der Waals surface area contributed by atoms with Gasteiger partial charge < -0.3 is 20.3 Å². The van der Waals surface area contributed by atoms with Gasteiger partial charge in [-0.15, -0.1) is 0 Å². The normalized spacial score (nSPS) is 18.4. The van der Waals surface area contributed by atoms with Crippen molar-refractivity contribution >= 4 is 29.3 Å². The van der Waals surface area contributed by atoms with Crippen molar-refractivity contribution in [2.75, 3.05) is 45.2 Å². The third-order valence-corrected chi connectivity index (χ3v) is 5.64. The van der Waals surface area contributed by atoms with Crippen LogP contribution in [-0.2, 0) is 4.74 Å². The molecule has 0 radical (unpaired) electrons. The number of nitrogens with one attached hydrogen (secondary N) is 2. The lowest BCUT2D eigenvalue weighted by atomic mass is 9.97. The minimum Gasteiger partial charge on any atom is -0.453 e.